The smallest absolute Gasteiger partial charge is 0.0764 e. The topological polar surface area (TPSA) is 50.3 Å². The SMILES string of the molecule is NCCCN1CCN(Cc2ccn(C3CCCC3)n2)CC1. The summed E-state index contributed by atoms with van der Waals surface area (Å²) >= 11 is 0. The number of nitrogens with zero attached hydrogens (tertiary/aromatic N) is 4. The van der Waals surface area contributed by atoms with E-state index in [1.54, 1.807) is 0 Å². The van der Waals surface area contributed by atoms with Crippen molar-refractivity contribution >= 4 is 0 Å². The normalized spacial score (nSPS) is 22.1. The average molecular weight is 291 g/mol. The number of hydrogen-bond donors (Lipinski definition) is 1. The number of rotatable bonds is 6. The van der Waals surface area contributed by atoms with E-state index in [-0.39, 0.29) is 0 Å². The molecular formula is C16H29N5. The van der Waals surface area contributed by atoms with Crippen LogP contribution in [0.25, 0.3) is 0 Å². The highest BCUT2D eigenvalue weighted by Gasteiger charge is 2.20. The van der Waals surface area contributed by atoms with Crippen LogP contribution in [0.3, 0.4) is 0 Å². The molecule has 1 aliphatic heterocycles. The summed E-state index contributed by atoms with van der Waals surface area (Å²) in [5, 5.41) is 4.80. The Morgan fingerprint density at radius 2 is 1.81 bits per heavy atom. The van der Waals surface area contributed by atoms with Crippen LogP contribution in [-0.4, -0.2) is 58.8 Å². The summed E-state index contributed by atoms with van der Waals surface area (Å²) in [7, 11) is 0. The highest BCUT2D eigenvalue weighted by molar-refractivity contribution is 5.00. The predicted molar refractivity (Wildman–Crippen MR) is 85.1 cm³/mol. The first-order valence-electron chi connectivity index (χ1n) is 8.54. The lowest BCUT2D eigenvalue weighted by Gasteiger charge is -2.34. The lowest BCUT2D eigenvalue weighted by molar-refractivity contribution is 0.125. The van der Waals surface area contributed by atoms with Crippen LogP contribution in [0.4, 0.5) is 0 Å². The fraction of sp³-hybridized carbons (Fsp3) is 0.812. The Bertz CT molecular complexity index is 416. The molecule has 2 fully saturated rings. The van der Waals surface area contributed by atoms with Gasteiger partial charge in [0.05, 0.1) is 11.7 Å². The molecule has 5 heteroatoms. The average Bonchev–Trinajstić information content (AvgIpc) is 3.17. The zero-order valence-electron chi connectivity index (χ0n) is 13.1. The Kier molecular flexibility index (Phi) is 5.27. The molecule has 1 saturated heterocycles. The molecule has 1 aromatic heterocycles. The van der Waals surface area contributed by atoms with E-state index in [2.05, 4.69) is 26.7 Å². The molecule has 0 spiro atoms. The van der Waals surface area contributed by atoms with Gasteiger partial charge in [0.15, 0.2) is 0 Å². The molecule has 21 heavy (non-hydrogen) atoms. The Labute approximate surface area is 128 Å². The van der Waals surface area contributed by atoms with Gasteiger partial charge in [-0.25, -0.2) is 0 Å². The summed E-state index contributed by atoms with van der Waals surface area (Å²) in [6, 6.07) is 2.87. The van der Waals surface area contributed by atoms with E-state index in [1.165, 1.54) is 44.5 Å². The van der Waals surface area contributed by atoms with Gasteiger partial charge in [-0.3, -0.25) is 9.58 Å². The Balaban J connectivity index is 1.45. The van der Waals surface area contributed by atoms with Crippen LogP contribution in [0.5, 0.6) is 0 Å². The van der Waals surface area contributed by atoms with Crippen molar-refractivity contribution in [2.75, 3.05) is 39.3 Å². The van der Waals surface area contributed by atoms with Crippen LogP contribution in [0.2, 0.25) is 0 Å². The molecule has 5 nitrogen and oxygen atoms in total. The van der Waals surface area contributed by atoms with Crippen molar-refractivity contribution in [3.8, 4) is 0 Å². The third-order valence-electron chi connectivity index (χ3n) is 4.89. The summed E-state index contributed by atoms with van der Waals surface area (Å²) in [5.74, 6) is 0. The minimum Gasteiger partial charge on any atom is -0.330 e. The minimum atomic E-state index is 0.659. The molecule has 118 valence electrons. The van der Waals surface area contributed by atoms with Crippen LogP contribution in [0.1, 0.15) is 43.8 Å². The van der Waals surface area contributed by atoms with Crippen LogP contribution in [0.15, 0.2) is 12.3 Å². The van der Waals surface area contributed by atoms with Crippen molar-refractivity contribution < 1.29 is 0 Å². The number of hydrogen-bond acceptors (Lipinski definition) is 4. The summed E-state index contributed by atoms with van der Waals surface area (Å²) in [6.45, 7) is 7.61. The molecule has 0 amide bonds. The van der Waals surface area contributed by atoms with Gasteiger partial charge in [-0.2, -0.15) is 5.10 Å². The maximum absolute atomic E-state index is 5.58. The largest absolute Gasteiger partial charge is 0.330 e. The quantitative estimate of drug-likeness (QED) is 0.862. The zero-order chi connectivity index (χ0) is 14.5. The van der Waals surface area contributed by atoms with Crippen LogP contribution in [0, 0.1) is 0 Å². The van der Waals surface area contributed by atoms with Gasteiger partial charge in [-0.1, -0.05) is 12.8 Å². The van der Waals surface area contributed by atoms with E-state index >= 15 is 0 Å². The summed E-state index contributed by atoms with van der Waals surface area (Å²) < 4.78 is 2.21. The van der Waals surface area contributed by atoms with Gasteiger partial charge in [0.2, 0.25) is 0 Å². The fourth-order valence-corrected chi connectivity index (χ4v) is 3.55. The molecular weight excluding hydrogens is 262 g/mol. The van der Waals surface area contributed by atoms with Crippen molar-refractivity contribution in [3.05, 3.63) is 18.0 Å². The molecule has 2 heterocycles. The Morgan fingerprint density at radius 3 is 2.52 bits per heavy atom. The summed E-state index contributed by atoms with van der Waals surface area (Å²) in [4.78, 5) is 5.06. The zero-order valence-corrected chi connectivity index (χ0v) is 13.1. The molecule has 3 rings (SSSR count). The lowest BCUT2D eigenvalue weighted by atomic mass is 10.2. The molecule has 0 unspecified atom stereocenters. The molecule has 1 aromatic rings. The molecule has 0 bridgehead atoms. The summed E-state index contributed by atoms with van der Waals surface area (Å²) in [6.07, 6.45) is 8.64. The first-order chi connectivity index (χ1) is 10.3. The predicted octanol–water partition coefficient (Wildman–Crippen LogP) is 1.46. The fourth-order valence-electron chi connectivity index (χ4n) is 3.55. The van der Waals surface area contributed by atoms with E-state index in [1.807, 2.05) is 0 Å². The van der Waals surface area contributed by atoms with E-state index < -0.39 is 0 Å². The molecule has 0 aromatic carbocycles. The third-order valence-corrected chi connectivity index (χ3v) is 4.89. The maximum Gasteiger partial charge on any atom is 0.0764 e. The second-order valence-electron chi connectivity index (χ2n) is 6.49. The van der Waals surface area contributed by atoms with Gasteiger partial charge in [0, 0.05) is 38.9 Å². The Morgan fingerprint density at radius 1 is 1.10 bits per heavy atom. The van der Waals surface area contributed by atoms with Crippen LogP contribution >= 0.6 is 0 Å². The maximum atomic E-state index is 5.58. The van der Waals surface area contributed by atoms with Gasteiger partial charge >= 0.3 is 0 Å². The van der Waals surface area contributed by atoms with Gasteiger partial charge in [0.25, 0.3) is 0 Å². The van der Waals surface area contributed by atoms with Gasteiger partial charge in [-0.05, 0) is 38.4 Å². The van der Waals surface area contributed by atoms with Crippen LogP contribution < -0.4 is 5.73 Å². The van der Waals surface area contributed by atoms with Crippen molar-refractivity contribution in [1.82, 2.24) is 19.6 Å². The van der Waals surface area contributed by atoms with Crippen molar-refractivity contribution in [3.63, 3.8) is 0 Å². The first kappa shape index (κ1) is 15.0. The second kappa shape index (κ2) is 7.38. The van der Waals surface area contributed by atoms with Gasteiger partial charge in [0.1, 0.15) is 0 Å². The summed E-state index contributed by atoms with van der Waals surface area (Å²) in [5.41, 5.74) is 6.82. The highest BCUT2D eigenvalue weighted by atomic mass is 15.3. The van der Waals surface area contributed by atoms with Crippen molar-refractivity contribution in [1.29, 1.82) is 0 Å². The van der Waals surface area contributed by atoms with Gasteiger partial charge < -0.3 is 10.6 Å². The number of aromatic nitrogens is 2. The highest BCUT2D eigenvalue weighted by Crippen LogP contribution is 2.28. The first-order valence-corrected chi connectivity index (χ1v) is 8.54. The van der Waals surface area contributed by atoms with Gasteiger partial charge in [-0.15, -0.1) is 0 Å². The van der Waals surface area contributed by atoms with E-state index in [0.29, 0.717) is 6.04 Å². The third kappa shape index (κ3) is 4.05. The molecule has 1 saturated carbocycles. The van der Waals surface area contributed by atoms with Crippen LogP contribution in [-0.2, 0) is 6.54 Å². The molecule has 0 radical (unpaired) electrons. The lowest BCUT2D eigenvalue weighted by Crippen LogP contribution is -2.46. The van der Waals surface area contributed by atoms with Crippen molar-refractivity contribution in [2.45, 2.75) is 44.7 Å². The molecule has 0 atom stereocenters. The van der Waals surface area contributed by atoms with Crippen molar-refractivity contribution in [2.24, 2.45) is 5.73 Å². The standard InChI is InChI=1S/C16H29N5/c17-7-3-8-19-10-12-20(13-11-19)14-15-6-9-21(18-15)16-4-1-2-5-16/h6,9,16H,1-5,7-8,10-14,17H2. The van der Waals surface area contributed by atoms with E-state index in [0.717, 1.165) is 39.1 Å². The minimum absolute atomic E-state index is 0.659. The molecule has 2 N–H and O–H groups in total. The molecule has 1 aliphatic carbocycles. The number of nitrogens with two attached hydrogens (primary N) is 1. The van der Waals surface area contributed by atoms with E-state index in [9.17, 15) is 0 Å². The number of piperazine rings is 1. The molecule has 2 aliphatic rings. The Hall–Kier alpha value is -0.910. The van der Waals surface area contributed by atoms with E-state index in [4.69, 9.17) is 10.8 Å². The monoisotopic (exact) mass is 291 g/mol. The second-order valence-corrected chi connectivity index (χ2v) is 6.49.